The molecule has 1 aliphatic rings. The standard InChI is InChI=1S/C13H19BrO5/c1-3-18-10(15)8-13(12(17)19-4-2)7-5-6-9(14)11(13)16/h9H,3-8H2,1-2H3. The zero-order chi connectivity index (χ0) is 14.5. The number of rotatable bonds is 5. The monoisotopic (exact) mass is 334 g/mol. The number of carbonyl (C=O) groups is 3. The summed E-state index contributed by atoms with van der Waals surface area (Å²) < 4.78 is 9.86. The van der Waals surface area contributed by atoms with Gasteiger partial charge in [-0.25, -0.2) is 0 Å². The minimum absolute atomic E-state index is 0.184. The summed E-state index contributed by atoms with van der Waals surface area (Å²) in [5, 5.41) is 0. The van der Waals surface area contributed by atoms with Gasteiger partial charge in [0.25, 0.3) is 0 Å². The maximum Gasteiger partial charge on any atom is 0.320 e. The van der Waals surface area contributed by atoms with Crippen molar-refractivity contribution >= 4 is 33.7 Å². The molecule has 1 fully saturated rings. The van der Waals surface area contributed by atoms with Gasteiger partial charge in [-0.05, 0) is 26.7 Å². The molecular weight excluding hydrogens is 316 g/mol. The van der Waals surface area contributed by atoms with Crippen molar-refractivity contribution in [3.8, 4) is 0 Å². The highest BCUT2D eigenvalue weighted by atomic mass is 79.9. The van der Waals surface area contributed by atoms with Gasteiger partial charge in [-0.2, -0.15) is 0 Å². The van der Waals surface area contributed by atoms with Gasteiger partial charge in [-0.15, -0.1) is 0 Å². The van der Waals surface area contributed by atoms with E-state index in [1.54, 1.807) is 13.8 Å². The van der Waals surface area contributed by atoms with Gasteiger partial charge in [-0.3, -0.25) is 14.4 Å². The molecule has 0 aliphatic heterocycles. The Kier molecular flexibility index (Phi) is 5.97. The van der Waals surface area contributed by atoms with Crippen LogP contribution in [-0.4, -0.2) is 35.8 Å². The van der Waals surface area contributed by atoms with E-state index in [4.69, 9.17) is 9.47 Å². The molecule has 0 amide bonds. The van der Waals surface area contributed by atoms with Gasteiger partial charge in [0.05, 0.1) is 24.5 Å². The summed E-state index contributed by atoms with van der Waals surface area (Å²) in [7, 11) is 0. The Hall–Kier alpha value is -0.910. The Morgan fingerprint density at radius 3 is 2.53 bits per heavy atom. The van der Waals surface area contributed by atoms with Gasteiger partial charge in [0.2, 0.25) is 0 Å². The fourth-order valence-electron chi connectivity index (χ4n) is 2.32. The molecule has 0 heterocycles. The second kappa shape index (κ2) is 7.03. The summed E-state index contributed by atoms with van der Waals surface area (Å²) in [6.07, 6.45) is 1.47. The lowest BCUT2D eigenvalue weighted by molar-refractivity contribution is -0.168. The molecule has 2 atom stereocenters. The predicted molar refractivity (Wildman–Crippen MR) is 71.9 cm³/mol. The van der Waals surface area contributed by atoms with Crippen molar-refractivity contribution in [3.63, 3.8) is 0 Å². The Morgan fingerprint density at radius 1 is 1.32 bits per heavy atom. The van der Waals surface area contributed by atoms with E-state index < -0.39 is 22.2 Å². The first kappa shape index (κ1) is 16.1. The summed E-state index contributed by atoms with van der Waals surface area (Å²) in [4.78, 5) is 35.8. The highest BCUT2D eigenvalue weighted by Gasteiger charge is 2.52. The molecule has 2 unspecified atom stereocenters. The van der Waals surface area contributed by atoms with Crippen LogP contribution in [0.15, 0.2) is 0 Å². The molecule has 0 bridgehead atoms. The molecule has 5 nitrogen and oxygen atoms in total. The van der Waals surface area contributed by atoms with Gasteiger partial charge < -0.3 is 9.47 Å². The third-order valence-corrected chi connectivity index (χ3v) is 4.11. The summed E-state index contributed by atoms with van der Waals surface area (Å²) in [6, 6.07) is 0. The van der Waals surface area contributed by atoms with Crippen LogP contribution in [0.4, 0.5) is 0 Å². The van der Waals surface area contributed by atoms with Crippen LogP contribution in [0.5, 0.6) is 0 Å². The first-order chi connectivity index (χ1) is 8.97. The smallest absolute Gasteiger partial charge is 0.320 e. The quantitative estimate of drug-likeness (QED) is 0.437. The Bertz CT molecular complexity index is 368. The number of Topliss-reactive ketones (excluding diaryl/α,β-unsaturated/α-hetero) is 1. The average molecular weight is 335 g/mol. The van der Waals surface area contributed by atoms with Crippen molar-refractivity contribution in [2.75, 3.05) is 13.2 Å². The molecule has 0 radical (unpaired) electrons. The first-order valence-corrected chi connectivity index (χ1v) is 7.40. The average Bonchev–Trinajstić information content (AvgIpc) is 2.35. The molecule has 0 aromatic rings. The van der Waals surface area contributed by atoms with Gasteiger partial charge in [-0.1, -0.05) is 22.4 Å². The normalized spacial score (nSPS) is 26.9. The zero-order valence-corrected chi connectivity index (χ0v) is 12.8. The van der Waals surface area contributed by atoms with E-state index in [0.717, 1.165) is 0 Å². The first-order valence-electron chi connectivity index (χ1n) is 6.49. The number of carbonyl (C=O) groups excluding carboxylic acids is 3. The molecule has 6 heteroatoms. The third-order valence-electron chi connectivity index (χ3n) is 3.23. The summed E-state index contributed by atoms with van der Waals surface area (Å²) in [5.74, 6) is -1.42. The number of ether oxygens (including phenoxy) is 2. The maximum atomic E-state index is 12.3. The second-order valence-electron chi connectivity index (χ2n) is 4.51. The molecule has 0 aromatic carbocycles. The number of esters is 2. The number of ketones is 1. The van der Waals surface area contributed by atoms with Crippen molar-refractivity contribution in [2.24, 2.45) is 5.41 Å². The van der Waals surface area contributed by atoms with Crippen molar-refractivity contribution in [3.05, 3.63) is 0 Å². The topological polar surface area (TPSA) is 69.7 Å². The van der Waals surface area contributed by atoms with Crippen LogP contribution in [0.25, 0.3) is 0 Å². The Morgan fingerprint density at radius 2 is 1.95 bits per heavy atom. The van der Waals surface area contributed by atoms with Crippen LogP contribution in [0.1, 0.15) is 39.5 Å². The lowest BCUT2D eigenvalue weighted by atomic mass is 9.70. The molecule has 1 aliphatic carbocycles. The SMILES string of the molecule is CCOC(=O)CC1(C(=O)OCC)CCCC(Br)C1=O. The van der Waals surface area contributed by atoms with Crippen molar-refractivity contribution in [1.82, 2.24) is 0 Å². The highest BCUT2D eigenvalue weighted by molar-refractivity contribution is 9.10. The lowest BCUT2D eigenvalue weighted by Gasteiger charge is -2.34. The zero-order valence-electron chi connectivity index (χ0n) is 11.2. The van der Waals surface area contributed by atoms with Crippen LogP contribution < -0.4 is 0 Å². The van der Waals surface area contributed by atoms with E-state index in [1.807, 2.05) is 0 Å². The van der Waals surface area contributed by atoms with Gasteiger partial charge in [0, 0.05) is 0 Å². The van der Waals surface area contributed by atoms with Crippen molar-refractivity contribution in [1.29, 1.82) is 0 Å². The Balaban J connectivity index is 2.98. The summed E-state index contributed by atoms with van der Waals surface area (Å²) in [5.41, 5.74) is -1.38. The van der Waals surface area contributed by atoms with E-state index >= 15 is 0 Å². The van der Waals surface area contributed by atoms with Crippen molar-refractivity contribution < 1.29 is 23.9 Å². The van der Waals surface area contributed by atoms with E-state index in [9.17, 15) is 14.4 Å². The van der Waals surface area contributed by atoms with Gasteiger partial charge >= 0.3 is 11.9 Å². The second-order valence-corrected chi connectivity index (χ2v) is 5.61. The number of hydrogen-bond acceptors (Lipinski definition) is 5. The van der Waals surface area contributed by atoms with E-state index in [2.05, 4.69) is 15.9 Å². The number of hydrogen-bond donors (Lipinski definition) is 0. The summed E-state index contributed by atoms with van der Waals surface area (Å²) in [6.45, 7) is 3.77. The number of halogens is 1. The van der Waals surface area contributed by atoms with Crippen LogP contribution >= 0.6 is 15.9 Å². The van der Waals surface area contributed by atoms with Crippen LogP contribution in [0, 0.1) is 5.41 Å². The number of alkyl halides is 1. The molecule has 1 rings (SSSR count). The lowest BCUT2D eigenvalue weighted by Crippen LogP contribution is -2.48. The fraction of sp³-hybridized carbons (Fsp3) is 0.769. The largest absolute Gasteiger partial charge is 0.466 e. The van der Waals surface area contributed by atoms with E-state index in [-0.39, 0.29) is 25.4 Å². The summed E-state index contributed by atoms with van der Waals surface area (Å²) >= 11 is 3.27. The molecule has 0 aromatic heterocycles. The predicted octanol–water partition coefficient (Wildman–Crippen LogP) is 2.01. The minimum atomic E-state index is -1.38. The van der Waals surface area contributed by atoms with E-state index in [0.29, 0.717) is 19.3 Å². The Labute approximate surface area is 121 Å². The van der Waals surface area contributed by atoms with Gasteiger partial charge in [0.1, 0.15) is 5.41 Å². The fourth-order valence-corrected chi connectivity index (χ4v) is 3.08. The maximum absolute atomic E-state index is 12.3. The van der Waals surface area contributed by atoms with Crippen LogP contribution in [0.3, 0.4) is 0 Å². The van der Waals surface area contributed by atoms with Crippen LogP contribution in [-0.2, 0) is 23.9 Å². The molecule has 108 valence electrons. The molecule has 0 N–H and O–H groups in total. The minimum Gasteiger partial charge on any atom is -0.466 e. The molecule has 1 saturated carbocycles. The van der Waals surface area contributed by atoms with Gasteiger partial charge in [0.15, 0.2) is 5.78 Å². The molecule has 0 saturated heterocycles. The molecule has 19 heavy (non-hydrogen) atoms. The van der Waals surface area contributed by atoms with E-state index in [1.165, 1.54) is 0 Å². The molecule has 0 spiro atoms. The van der Waals surface area contributed by atoms with Crippen LogP contribution in [0.2, 0.25) is 0 Å². The highest BCUT2D eigenvalue weighted by Crippen LogP contribution is 2.40. The molecular formula is C13H19BrO5. The van der Waals surface area contributed by atoms with Crippen molar-refractivity contribution in [2.45, 2.75) is 44.4 Å². The third kappa shape index (κ3) is 3.55.